The molecular formula is C18H14Cl2N4O2. The van der Waals surface area contributed by atoms with E-state index in [1.165, 1.54) is 0 Å². The number of hydrogen-bond donors (Lipinski definition) is 2. The minimum Gasteiger partial charge on any atom is -0.493 e. The summed E-state index contributed by atoms with van der Waals surface area (Å²) in [6, 6.07) is 8.88. The van der Waals surface area contributed by atoms with Crippen LogP contribution in [0.2, 0.25) is 10.0 Å². The minimum absolute atomic E-state index is 0.138. The predicted octanol–water partition coefficient (Wildman–Crippen LogP) is 4.68. The second-order valence-corrected chi connectivity index (χ2v) is 6.50. The van der Waals surface area contributed by atoms with E-state index in [4.69, 9.17) is 38.4 Å². The second kappa shape index (κ2) is 6.23. The second-order valence-electron chi connectivity index (χ2n) is 5.66. The molecular weight excluding hydrogens is 375 g/mol. The van der Waals surface area contributed by atoms with Crippen molar-refractivity contribution in [1.82, 2.24) is 15.0 Å². The number of aromatic amines is 1. The molecule has 2 aromatic heterocycles. The summed E-state index contributed by atoms with van der Waals surface area (Å²) in [5, 5.41) is 1.91. The van der Waals surface area contributed by atoms with Crippen LogP contribution >= 0.6 is 23.2 Å². The number of nitrogens with zero attached hydrogens (tertiary/aromatic N) is 2. The molecule has 0 bridgehead atoms. The summed E-state index contributed by atoms with van der Waals surface area (Å²) >= 11 is 12.5. The van der Waals surface area contributed by atoms with Crippen molar-refractivity contribution in [2.24, 2.45) is 0 Å². The zero-order valence-corrected chi connectivity index (χ0v) is 15.4. The topological polar surface area (TPSA) is 86.0 Å². The maximum absolute atomic E-state index is 6.36. The number of hydrogen-bond acceptors (Lipinski definition) is 5. The van der Waals surface area contributed by atoms with E-state index in [-0.39, 0.29) is 5.95 Å². The number of rotatable bonds is 3. The van der Waals surface area contributed by atoms with Gasteiger partial charge in [-0.05, 0) is 24.3 Å². The summed E-state index contributed by atoms with van der Waals surface area (Å²) in [6.45, 7) is 0. The van der Waals surface area contributed by atoms with Gasteiger partial charge in [0.25, 0.3) is 0 Å². The molecule has 132 valence electrons. The molecule has 2 heterocycles. The lowest BCUT2D eigenvalue weighted by molar-refractivity contribution is 0.356. The van der Waals surface area contributed by atoms with Crippen molar-refractivity contribution in [3.63, 3.8) is 0 Å². The predicted molar refractivity (Wildman–Crippen MR) is 104 cm³/mol. The molecule has 0 amide bonds. The molecule has 6 nitrogen and oxygen atoms in total. The lowest BCUT2D eigenvalue weighted by Gasteiger charge is -2.07. The molecule has 4 aromatic rings. The van der Waals surface area contributed by atoms with Crippen molar-refractivity contribution in [3.05, 3.63) is 40.4 Å². The molecule has 8 heteroatoms. The van der Waals surface area contributed by atoms with E-state index in [1.54, 1.807) is 32.4 Å². The molecule has 0 atom stereocenters. The van der Waals surface area contributed by atoms with Gasteiger partial charge in [-0.1, -0.05) is 23.2 Å². The first-order valence-corrected chi connectivity index (χ1v) is 8.43. The van der Waals surface area contributed by atoms with Gasteiger partial charge in [-0.2, -0.15) is 0 Å². The molecule has 0 aliphatic carbocycles. The monoisotopic (exact) mass is 388 g/mol. The average Bonchev–Trinajstić information content (AvgIpc) is 2.99. The molecule has 0 aliphatic rings. The molecule has 0 saturated carbocycles. The number of H-pyrrole nitrogens is 1. The first-order valence-electron chi connectivity index (χ1n) is 7.68. The summed E-state index contributed by atoms with van der Waals surface area (Å²) in [5.41, 5.74) is 9.39. The number of nitrogens with two attached hydrogens (primary N) is 1. The van der Waals surface area contributed by atoms with Crippen molar-refractivity contribution >= 4 is 51.1 Å². The first kappa shape index (κ1) is 16.8. The van der Waals surface area contributed by atoms with Crippen LogP contribution in [-0.4, -0.2) is 29.2 Å². The maximum atomic E-state index is 6.36. The van der Waals surface area contributed by atoms with Gasteiger partial charge in [-0.3, -0.25) is 0 Å². The van der Waals surface area contributed by atoms with Crippen molar-refractivity contribution in [1.29, 1.82) is 0 Å². The van der Waals surface area contributed by atoms with Crippen LogP contribution in [0.1, 0.15) is 0 Å². The van der Waals surface area contributed by atoms with Crippen molar-refractivity contribution in [3.8, 4) is 22.8 Å². The standard InChI is InChI=1S/C18H14Cl2N4O2/c1-25-13-6-10-12(7-14(13)26-2)22-17-15(23-18(21)24-16(10)17)9-5-8(19)3-4-11(9)20/h3-7,22H,1-2H3,(H2,21,23,24). The van der Waals surface area contributed by atoms with Crippen LogP contribution in [-0.2, 0) is 0 Å². The molecule has 0 spiro atoms. The number of nitrogens with one attached hydrogen (secondary N) is 1. The largest absolute Gasteiger partial charge is 0.493 e. The highest BCUT2D eigenvalue weighted by atomic mass is 35.5. The third-order valence-corrected chi connectivity index (χ3v) is 4.71. The van der Waals surface area contributed by atoms with E-state index < -0.39 is 0 Å². The van der Waals surface area contributed by atoms with Crippen molar-refractivity contribution in [2.75, 3.05) is 20.0 Å². The van der Waals surface area contributed by atoms with Gasteiger partial charge in [0.2, 0.25) is 5.95 Å². The number of halogens is 2. The minimum atomic E-state index is 0.138. The Kier molecular flexibility index (Phi) is 4.01. The van der Waals surface area contributed by atoms with Gasteiger partial charge in [0.15, 0.2) is 11.5 Å². The highest BCUT2D eigenvalue weighted by Gasteiger charge is 2.18. The fraction of sp³-hybridized carbons (Fsp3) is 0.111. The van der Waals surface area contributed by atoms with Crippen molar-refractivity contribution < 1.29 is 9.47 Å². The van der Waals surface area contributed by atoms with Crippen LogP contribution in [0.3, 0.4) is 0 Å². The molecule has 0 fully saturated rings. The van der Waals surface area contributed by atoms with Gasteiger partial charge in [0, 0.05) is 22.0 Å². The van der Waals surface area contributed by atoms with E-state index >= 15 is 0 Å². The number of aromatic nitrogens is 3. The molecule has 2 aromatic carbocycles. The van der Waals surface area contributed by atoms with Gasteiger partial charge < -0.3 is 20.2 Å². The number of fused-ring (bicyclic) bond motifs is 3. The number of nitrogen functional groups attached to an aromatic ring is 1. The average molecular weight is 389 g/mol. The van der Waals surface area contributed by atoms with Gasteiger partial charge in [-0.25, -0.2) is 9.97 Å². The van der Waals surface area contributed by atoms with Crippen LogP contribution in [0.25, 0.3) is 33.2 Å². The van der Waals surface area contributed by atoms with Gasteiger partial charge >= 0.3 is 0 Å². The van der Waals surface area contributed by atoms with E-state index in [1.807, 2.05) is 12.1 Å². The van der Waals surface area contributed by atoms with Crippen LogP contribution in [0, 0.1) is 0 Å². The number of ether oxygens (including phenoxy) is 2. The molecule has 0 unspecified atom stereocenters. The lowest BCUT2D eigenvalue weighted by atomic mass is 10.1. The van der Waals surface area contributed by atoms with Crippen LogP contribution in [0.15, 0.2) is 30.3 Å². The summed E-state index contributed by atoms with van der Waals surface area (Å²) < 4.78 is 10.8. The Bertz CT molecular complexity index is 1160. The van der Waals surface area contributed by atoms with Gasteiger partial charge in [-0.15, -0.1) is 0 Å². The Balaban J connectivity index is 2.10. The van der Waals surface area contributed by atoms with E-state index in [2.05, 4.69) is 15.0 Å². The van der Waals surface area contributed by atoms with Crippen molar-refractivity contribution in [2.45, 2.75) is 0 Å². The van der Waals surface area contributed by atoms with Crippen LogP contribution in [0.4, 0.5) is 5.95 Å². The highest BCUT2D eigenvalue weighted by molar-refractivity contribution is 6.35. The maximum Gasteiger partial charge on any atom is 0.221 e. The Hall–Kier alpha value is -2.70. The smallest absolute Gasteiger partial charge is 0.221 e. The summed E-state index contributed by atoms with van der Waals surface area (Å²) in [7, 11) is 3.17. The molecule has 26 heavy (non-hydrogen) atoms. The van der Waals surface area contributed by atoms with E-state index in [0.717, 1.165) is 10.9 Å². The molecule has 0 radical (unpaired) electrons. The zero-order chi connectivity index (χ0) is 18.4. The quantitative estimate of drug-likeness (QED) is 0.531. The van der Waals surface area contributed by atoms with E-state index in [9.17, 15) is 0 Å². The summed E-state index contributed by atoms with van der Waals surface area (Å²) in [6.07, 6.45) is 0. The Labute approximate surface area is 158 Å². The van der Waals surface area contributed by atoms with Gasteiger partial charge in [0.1, 0.15) is 11.2 Å². The summed E-state index contributed by atoms with van der Waals surface area (Å²) in [4.78, 5) is 12.1. The van der Waals surface area contributed by atoms with E-state index in [0.29, 0.717) is 43.8 Å². The third-order valence-electron chi connectivity index (χ3n) is 4.15. The highest BCUT2D eigenvalue weighted by Crippen LogP contribution is 2.39. The third kappa shape index (κ3) is 2.58. The molecule has 3 N–H and O–H groups in total. The number of benzene rings is 2. The molecule has 0 saturated heterocycles. The number of methoxy groups -OCH3 is 2. The number of anilines is 1. The fourth-order valence-corrected chi connectivity index (χ4v) is 3.36. The summed E-state index contributed by atoms with van der Waals surface area (Å²) in [5.74, 6) is 1.34. The first-order chi connectivity index (χ1) is 12.5. The Morgan fingerprint density at radius 2 is 1.73 bits per heavy atom. The molecule has 0 aliphatic heterocycles. The van der Waals surface area contributed by atoms with Gasteiger partial charge in [0.05, 0.1) is 30.3 Å². The fourth-order valence-electron chi connectivity index (χ4n) is 2.98. The molecule has 4 rings (SSSR count). The SMILES string of the molecule is COc1cc2[nH]c3c(-c4cc(Cl)ccc4Cl)nc(N)nc3c2cc1OC. The normalized spacial score (nSPS) is 11.2. The zero-order valence-electron chi connectivity index (χ0n) is 13.9. The Morgan fingerprint density at radius 3 is 2.46 bits per heavy atom. The van der Waals surface area contributed by atoms with Crippen LogP contribution < -0.4 is 15.2 Å². The Morgan fingerprint density at radius 1 is 1.00 bits per heavy atom. The van der Waals surface area contributed by atoms with Crippen LogP contribution in [0.5, 0.6) is 11.5 Å². The lowest BCUT2D eigenvalue weighted by Crippen LogP contribution is -1.98.